The maximum Gasteiger partial charge on any atom is 0.254 e. The van der Waals surface area contributed by atoms with Crippen molar-refractivity contribution in [2.75, 3.05) is 25.5 Å². The molecule has 0 radical (unpaired) electrons. The summed E-state index contributed by atoms with van der Waals surface area (Å²) in [5.74, 6) is -2.21. The minimum Gasteiger partial charge on any atom is -0.496 e. The van der Waals surface area contributed by atoms with Gasteiger partial charge in [0.05, 0.1) is 13.0 Å². The SMILES string of the molecule is COc1ccc(C(=O)N2CCC[C@@H](C(=O)Nc3ccc(F)c(F)c3)C2)c2ccccc12. The van der Waals surface area contributed by atoms with Crippen LogP contribution >= 0.6 is 0 Å². The molecule has 0 aromatic heterocycles. The fourth-order valence-electron chi connectivity index (χ4n) is 4.00. The van der Waals surface area contributed by atoms with Crippen LogP contribution in [0.15, 0.2) is 54.6 Å². The predicted molar refractivity (Wildman–Crippen MR) is 114 cm³/mol. The summed E-state index contributed by atoms with van der Waals surface area (Å²) in [6.07, 6.45) is 1.29. The van der Waals surface area contributed by atoms with E-state index in [0.717, 1.165) is 22.9 Å². The lowest BCUT2D eigenvalue weighted by atomic mass is 9.95. The van der Waals surface area contributed by atoms with Crippen LogP contribution in [0.25, 0.3) is 10.8 Å². The van der Waals surface area contributed by atoms with E-state index < -0.39 is 17.6 Å². The van der Waals surface area contributed by atoms with Crippen molar-refractivity contribution < 1.29 is 23.1 Å². The van der Waals surface area contributed by atoms with Crippen LogP contribution < -0.4 is 10.1 Å². The molecule has 0 aliphatic carbocycles. The Morgan fingerprint density at radius 2 is 1.81 bits per heavy atom. The van der Waals surface area contributed by atoms with E-state index in [-0.39, 0.29) is 24.0 Å². The third-order valence-corrected chi connectivity index (χ3v) is 5.60. The lowest BCUT2D eigenvalue weighted by Crippen LogP contribution is -2.43. The topological polar surface area (TPSA) is 58.6 Å². The largest absolute Gasteiger partial charge is 0.496 e. The zero-order valence-corrected chi connectivity index (χ0v) is 17.0. The van der Waals surface area contributed by atoms with E-state index >= 15 is 0 Å². The highest BCUT2D eigenvalue weighted by Crippen LogP contribution is 2.30. The number of ether oxygens (including phenoxy) is 1. The van der Waals surface area contributed by atoms with E-state index in [1.165, 1.54) is 6.07 Å². The quantitative estimate of drug-likeness (QED) is 0.665. The fraction of sp³-hybridized carbons (Fsp3) is 0.250. The molecule has 0 spiro atoms. The Kier molecular flexibility index (Phi) is 5.84. The number of nitrogens with one attached hydrogen (secondary N) is 1. The predicted octanol–water partition coefficient (Wildman–Crippen LogP) is 4.62. The Morgan fingerprint density at radius 3 is 2.55 bits per heavy atom. The highest BCUT2D eigenvalue weighted by Gasteiger charge is 2.30. The molecule has 3 aromatic rings. The Balaban J connectivity index is 1.52. The highest BCUT2D eigenvalue weighted by molar-refractivity contribution is 6.08. The van der Waals surface area contributed by atoms with Crippen LogP contribution in [0.4, 0.5) is 14.5 Å². The van der Waals surface area contributed by atoms with Crippen molar-refractivity contribution in [3.63, 3.8) is 0 Å². The summed E-state index contributed by atoms with van der Waals surface area (Å²) in [6.45, 7) is 0.808. The summed E-state index contributed by atoms with van der Waals surface area (Å²) < 4.78 is 31.9. The molecule has 1 N–H and O–H groups in total. The molecule has 3 aromatic carbocycles. The van der Waals surface area contributed by atoms with E-state index in [1.807, 2.05) is 24.3 Å². The van der Waals surface area contributed by atoms with Crippen molar-refractivity contribution in [2.24, 2.45) is 5.92 Å². The van der Waals surface area contributed by atoms with Crippen molar-refractivity contribution >= 4 is 28.3 Å². The van der Waals surface area contributed by atoms with Crippen LogP contribution in [-0.4, -0.2) is 36.9 Å². The number of piperidine rings is 1. The van der Waals surface area contributed by atoms with E-state index in [1.54, 1.807) is 24.1 Å². The Labute approximate surface area is 178 Å². The number of carbonyl (C=O) groups excluding carboxylic acids is 2. The number of hydrogen-bond acceptors (Lipinski definition) is 3. The minimum absolute atomic E-state index is 0.149. The molecule has 2 amide bonds. The molecule has 1 saturated heterocycles. The summed E-state index contributed by atoms with van der Waals surface area (Å²) in [4.78, 5) is 27.6. The molecule has 160 valence electrons. The minimum atomic E-state index is -1.02. The van der Waals surface area contributed by atoms with Crippen molar-refractivity contribution in [3.05, 3.63) is 71.8 Å². The van der Waals surface area contributed by atoms with Gasteiger partial charge in [0.2, 0.25) is 5.91 Å². The number of halogens is 2. The second-order valence-electron chi connectivity index (χ2n) is 7.57. The van der Waals surface area contributed by atoms with E-state index in [4.69, 9.17) is 4.74 Å². The summed E-state index contributed by atoms with van der Waals surface area (Å²) >= 11 is 0. The number of benzene rings is 3. The first-order valence-electron chi connectivity index (χ1n) is 10.1. The number of nitrogens with zero attached hydrogens (tertiary/aromatic N) is 1. The number of amides is 2. The van der Waals surface area contributed by atoms with Gasteiger partial charge in [-0.3, -0.25) is 9.59 Å². The lowest BCUT2D eigenvalue weighted by molar-refractivity contribution is -0.121. The number of anilines is 1. The summed E-state index contributed by atoms with van der Waals surface area (Å²) in [7, 11) is 1.59. The van der Waals surface area contributed by atoms with Crippen molar-refractivity contribution in [1.29, 1.82) is 0 Å². The van der Waals surface area contributed by atoms with Gasteiger partial charge in [0.25, 0.3) is 5.91 Å². The van der Waals surface area contributed by atoms with Gasteiger partial charge >= 0.3 is 0 Å². The fourth-order valence-corrected chi connectivity index (χ4v) is 4.00. The third kappa shape index (κ3) is 4.21. The van der Waals surface area contributed by atoms with E-state index in [9.17, 15) is 18.4 Å². The number of likely N-dealkylation sites (tertiary alicyclic amines) is 1. The lowest BCUT2D eigenvalue weighted by Gasteiger charge is -2.32. The number of rotatable bonds is 4. The van der Waals surface area contributed by atoms with Gasteiger partial charge in [-0.25, -0.2) is 8.78 Å². The van der Waals surface area contributed by atoms with Crippen molar-refractivity contribution in [1.82, 2.24) is 4.90 Å². The summed E-state index contributed by atoms with van der Waals surface area (Å²) in [6, 6.07) is 14.3. The molecule has 1 heterocycles. The molecule has 0 bridgehead atoms. The molecule has 0 unspecified atom stereocenters. The maximum absolute atomic E-state index is 13.4. The van der Waals surface area contributed by atoms with Gasteiger partial charge in [-0.2, -0.15) is 0 Å². The van der Waals surface area contributed by atoms with Crippen LogP contribution in [-0.2, 0) is 4.79 Å². The van der Waals surface area contributed by atoms with Gasteiger partial charge in [0, 0.05) is 35.8 Å². The first-order valence-corrected chi connectivity index (χ1v) is 10.1. The molecule has 5 nitrogen and oxygen atoms in total. The molecule has 1 atom stereocenters. The molecule has 0 saturated carbocycles. The Hall–Kier alpha value is -3.48. The number of methoxy groups -OCH3 is 1. The van der Waals surface area contributed by atoms with E-state index in [2.05, 4.69) is 5.32 Å². The van der Waals surface area contributed by atoms with Crippen LogP contribution in [0.5, 0.6) is 5.75 Å². The molecule has 1 aliphatic rings. The average molecular weight is 424 g/mol. The monoisotopic (exact) mass is 424 g/mol. The number of hydrogen-bond donors (Lipinski definition) is 1. The van der Waals surface area contributed by atoms with Gasteiger partial charge in [-0.1, -0.05) is 24.3 Å². The van der Waals surface area contributed by atoms with Crippen molar-refractivity contribution in [3.8, 4) is 5.75 Å². The average Bonchev–Trinajstić information content (AvgIpc) is 2.80. The van der Waals surface area contributed by atoms with Crippen LogP contribution in [0, 0.1) is 17.6 Å². The molecule has 7 heteroatoms. The first-order chi connectivity index (χ1) is 15.0. The van der Waals surface area contributed by atoms with Crippen LogP contribution in [0.3, 0.4) is 0 Å². The molecule has 4 rings (SSSR count). The second-order valence-corrected chi connectivity index (χ2v) is 7.57. The molecule has 1 fully saturated rings. The smallest absolute Gasteiger partial charge is 0.254 e. The van der Waals surface area contributed by atoms with Crippen LogP contribution in [0.2, 0.25) is 0 Å². The normalized spacial score (nSPS) is 16.2. The molecule has 1 aliphatic heterocycles. The van der Waals surface area contributed by atoms with Gasteiger partial charge < -0.3 is 15.0 Å². The zero-order chi connectivity index (χ0) is 22.0. The van der Waals surface area contributed by atoms with Gasteiger partial charge in [-0.15, -0.1) is 0 Å². The van der Waals surface area contributed by atoms with Gasteiger partial charge in [0.1, 0.15) is 5.75 Å². The molecular formula is C24H22F2N2O3. The van der Waals surface area contributed by atoms with Crippen molar-refractivity contribution in [2.45, 2.75) is 12.8 Å². The molecular weight excluding hydrogens is 402 g/mol. The number of carbonyl (C=O) groups is 2. The maximum atomic E-state index is 13.4. The van der Waals surface area contributed by atoms with Gasteiger partial charge in [0.15, 0.2) is 11.6 Å². The zero-order valence-electron chi connectivity index (χ0n) is 17.0. The third-order valence-electron chi connectivity index (χ3n) is 5.60. The first kappa shape index (κ1) is 20.8. The molecule has 31 heavy (non-hydrogen) atoms. The van der Waals surface area contributed by atoms with E-state index in [0.29, 0.717) is 30.7 Å². The number of fused-ring (bicyclic) bond motifs is 1. The Bertz CT molecular complexity index is 1150. The second kappa shape index (κ2) is 8.71. The summed E-state index contributed by atoms with van der Waals surface area (Å²) in [5, 5.41) is 4.26. The standard InChI is InChI=1S/C24H22F2N2O3/c1-31-22-11-9-19(17-6-2-3-7-18(17)22)24(30)28-12-4-5-15(14-28)23(29)27-16-8-10-20(25)21(26)13-16/h2-3,6-11,13,15H,4-5,12,14H2,1H3,(H,27,29)/t15-/m1/s1. The summed E-state index contributed by atoms with van der Waals surface area (Å²) in [5.41, 5.74) is 0.742. The van der Waals surface area contributed by atoms with Crippen LogP contribution in [0.1, 0.15) is 23.2 Å². The van der Waals surface area contributed by atoms with Gasteiger partial charge in [-0.05, 0) is 42.5 Å². The Morgan fingerprint density at radius 1 is 1.03 bits per heavy atom. The highest BCUT2D eigenvalue weighted by atomic mass is 19.2.